The zero-order valence-corrected chi connectivity index (χ0v) is 8.10. The second-order valence-electron chi connectivity index (χ2n) is 3.10. The van der Waals surface area contributed by atoms with Crippen LogP contribution in [0.15, 0.2) is 24.5 Å². The number of nitrogens with one attached hydrogen (secondary N) is 1. The molecule has 1 rings (SSSR count). The van der Waals surface area contributed by atoms with Crippen molar-refractivity contribution in [2.45, 2.75) is 19.4 Å². The van der Waals surface area contributed by atoms with Gasteiger partial charge in [0.1, 0.15) is 0 Å². The molecule has 0 spiro atoms. The lowest BCUT2D eigenvalue weighted by Gasteiger charge is -2.12. The molecule has 0 aliphatic carbocycles. The lowest BCUT2D eigenvalue weighted by molar-refractivity contribution is -0.136. The van der Waals surface area contributed by atoms with Gasteiger partial charge in [-0.2, -0.15) is 0 Å². The van der Waals surface area contributed by atoms with Gasteiger partial charge in [0.25, 0.3) is 0 Å². The Balaban J connectivity index is 2.36. The Bertz CT molecular complexity index is 287. The monoisotopic (exact) mass is 194 g/mol. The van der Waals surface area contributed by atoms with Crippen molar-refractivity contribution in [2.24, 2.45) is 0 Å². The third kappa shape index (κ3) is 3.53. The second kappa shape index (κ2) is 5.34. The van der Waals surface area contributed by atoms with Crippen molar-refractivity contribution in [2.75, 3.05) is 6.54 Å². The van der Waals surface area contributed by atoms with Gasteiger partial charge in [-0.05, 0) is 24.6 Å². The van der Waals surface area contributed by atoms with E-state index in [1.807, 2.05) is 19.1 Å². The van der Waals surface area contributed by atoms with Crippen LogP contribution in [0.4, 0.5) is 0 Å². The minimum Gasteiger partial charge on any atom is -0.481 e. The van der Waals surface area contributed by atoms with Crippen LogP contribution in [-0.2, 0) is 4.79 Å². The number of aliphatic carboxylic acids is 1. The van der Waals surface area contributed by atoms with Gasteiger partial charge in [-0.25, -0.2) is 0 Å². The van der Waals surface area contributed by atoms with E-state index in [4.69, 9.17) is 5.11 Å². The molecule has 0 unspecified atom stereocenters. The summed E-state index contributed by atoms with van der Waals surface area (Å²) < 4.78 is 0. The van der Waals surface area contributed by atoms with Crippen molar-refractivity contribution in [1.29, 1.82) is 0 Å². The molecule has 0 fully saturated rings. The van der Waals surface area contributed by atoms with E-state index in [1.54, 1.807) is 12.4 Å². The summed E-state index contributed by atoms with van der Waals surface area (Å²) in [5.74, 6) is -0.778. The molecular formula is C10H14N2O2. The van der Waals surface area contributed by atoms with Gasteiger partial charge < -0.3 is 10.4 Å². The number of rotatable bonds is 5. The van der Waals surface area contributed by atoms with Gasteiger partial charge in [-0.15, -0.1) is 0 Å². The molecule has 0 aliphatic rings. The Kier molecular flexibility index (Phi) is 4.07. The zero-order chi connectivity index (χ0) is 10.4. The number of nitrogens with zero attached hydrogens (tertiary/aromatic N) is 1. The zero-order valence-electron chi connectivity index (χ0n) is 8.10. The number of pyridine rings is 1. The first-order valence-corrected chi connectivity index (χ1v) is 4.55. The fraction of sp³-hybridized carbons (Fsp3) is 0.400. The first kappa shape index (κ1) is 10.7. The average Bonchev–Trinajstić information content (AvgIpc) is 2.18. The lowest BCUT2D eigenvalue weighted by atomic mass is 10.1. The Morgan fingerprint density at radius 3 is 2.79 bits per heavy atom. The van der Waals surface area contributed by atoms with Crippen LogP contribution in [0.5, 0.6) is 0 Å². The van der Waals surface area contributed by atoms with Gasteiger partial charge in [0.05, 0.1) is 6.42 Å². The van der Waals surface area contributed by atoms with E-state index in [9.17, 15) is 4.79 Å². The normalized spacial score (nSPS) is 12.4. The highest BCUT2D eigenvalue weighted by Crippen LogP contribution is 2.09. The quantitative estimate of drug-likeness (QED) is 0.739. The standard InChI is InChI=1S/C10H14N2O2/c1-8(12-7-4-10(13)14)9-2-5-11-6-3-9/h2-3,5-6,8,12H,4,7H2,1H3,(H,13,14)/t8-/m1/s1. The van der Waals surface area contributed by atoms with E-state index in [1.165, 1.54) is 0 Å². The van der Waals surface area contributed by atoms with Gasteiger partial charge in [0.2, 0.25) is 0 Å². The van der Waals surface area contributed by atoms with Crippen LogP contribution in [0.2, 0.25) is 0 Å². The fourth-order valence-corrected chi connectivity index (χ4v) is 1.17. The molecular weight excluding hydrogens is 180 g/mol. The SMILES string of the molecule is C[C@@H](NCCC(=O)O)c1ccncc1. The highest BCUT2D eigenvalue weighted by molar-refractivity contribution is 5.66. The molecule has 1 aromatic heterocycles. The van der Waals surface area contributed by atoms with Crippen LogP contribution < -0.4 is 5.32 Å². The third-order valence-electron chi connectivity index (χ3n) is 2.00. The highest BCUT2D eigenvalue weighted by atomic mass is 16.4. The Hall–Kier alpha value is -1.42. The van der Waals surface area contributed by atoms with Crippen molar-refractivity contribution in [1.82, 2.24) is 10.3 Å². The first-order chi connectivity index (χ1) is 6.70. The molecule has 1 aromatic rings. The summed E-state index contributed by atoms with van der Waals surface area (Å²) in [7, 11) is 0. The molecule has 0 aromatic carbocycles. The van der Waals surface area contributed by atoms with E-state index in [-0.39, 0.29) is 12.5 Å². The molecule has 0 amide bonds. The predicted octanol–water partition coefficient (Wildman–Crippen LogP) is 1.21. The number of hydrogen-bond acceptors (Lipinski definition) is 3. The third-order valence-corrected chi connectivity index (χ3v) is 2.00. The maximum absolute atomic E-state index is 10.3. The van der Waals surface area contributed by atoms with Crippen molar-refractivity contribution < 1.29 is 9.90 Å². The molecule has 0 saturated carbocycles. The minimum atomic E-state index is -0.778. The largest absolute Gasteiger partial charge is 0.481 e. The van der Waals surface area contributed by atoms with Crippen LogP contribution in [0.1, 0.15) is 24.9 Å². The van der Waals surface area contributed by atoms with Gasteiger partial charge in [0.15, 0.2) is 0 Å². The maximum atomic E-state index is 10.3. The predicted molar refractivity (Wildman–Crippen MR) is 52.9 cm³/mol. The molecule has 0 aliphatic heterocycles. The van der Waals surface area contributed by atoms with E-state index in [0.29, 0.717) is 6.54 Å². The van der Waals surface area contributed by atoms with Crippen molar-refractivity contribution >= 4 is 5.97 Å². The van der Waals surface area contributed by atoms with Crippen molar-refractivity contribution in [3.8, 4) is 0 Å². The molecule has 0 saturated heterocycles. The fourth-order valence-electron chi connectivity index (χ4n) is 1.17. The number of aromatic nitrogens is 1. The molecule has 76 valence electrons. The summed E-state index contributed by atoms with van der Waals surface area (Å²) >= 11 is 0. The average molecular weight is 194 g/mol. The summed E-state index contributed by atoms with van der Waals surface area (Å²) in [5.41, 5.74) is 1.12. The molecule has 4 heteroatoms. The summed E-state index contributed by atoms with van der Waals surface area (Å²) in [5, 5.41) is 11.6. The van der Waals surface area contributed by atoms with Gasteiger partial charge in [0, 0.05) is 25.0 Å². The number of carbonyl (C=O) groups is 1. The van der Waals surface area contributed by atoms with E-state index < -0.39 is 5.97 Å². The molecule has 1 atom stereocenters. The van der Waals surface area contributed by atoms with Crippen LogP contribution in [0, 0.1) is 0 Å². The van der Waals surface area contributed by atoms with Crippen LogP contribution >= 0.6 is 0 Å². The molecule has 4 nitrogen and oxygen atoms in total. The number of carboxylic acids is 1. The van der Waals surface area contributed by atoms with Gasteiger partial charge in [-0.3, -0.25) is 9.78 Å². The van der Waals surface area contributed by atoms with E-state index >= 15 is 0 Å². The highest BCUT2D eigenvalue weighted by Gasteiger charge is 2.04. The van der Waals surface area contributed by atoms with Crippen LogP contribution in [0.25, 0.3) is 0 Å². The maximum Gasteiger partial charge on any atom is 0.304 e. The summed E-state index contributed by atoms with van der Waals surface area (Å²) in [6.45, 7) is 2.48. The molecule has 14 heavy (non-hydrogen) atoms. The molecule has 1 heterocycles. The van der Waals surface area contributed by atoms with Crippen LogP contribution in [0.3, 0.4) is 0 Å². The van der Waals surface area contributed by atoms with Crippen molar-refractivity contribution in [3.05, 3.63) is 30.1 Å². The molecule has 0 radical (unpaired) electrons. The first-order valence-electron chi connectivity index (χ1n) is 4.55. The second-order valence-corrected chi connectivity index (χ2v) is 3.10. The van der Waals surface area contributed by atoms with Gasteiger partial charge in [-0.1, -0.05) is 0 Å². The Morgan fingerprint density at radius 2 is 2.21 bits per heavy atom. The Labute approximate surface area is 83.0 Å². The summed E-state index contributed by atoms with van der Waals surface area (Å²) in [6, 6.07) is 3.99. The molecule has 0 bridgehead atoms. The smallest absolute Gasteiger partial charge is 0.304 e. The summed E-state index contributed by atoms with van der Waals surface area (Å²) in [4.78, 5) is 14.2. The summed E-state index contributed by atoms with van der Waals surface area (Å²) in [6.07, 6.45) is 3.60. The lowest BCUT2D eigenvalue weighted by Crippen LogP contribution is -2.21. The van der Waals surface area contributed by atoms with Gasteiger partial charge >= 0.3 is 5.97 Å². The number of carboxylic acid groups (broad SMARTS) is 1. The minimum absolute atomic E-state index is 0.148. The van der Waals surface area contributed by atoms with Crippen LogP contribution in [-0.4, -0.2) is 22.6 Å². The topological polar surface area (TPSA) is 62.2 Å². The Morgan fingerprint density at radius 1 is 1.57 bits per heavy atom. The van der Waals surface area contributed by atoms with Crippen molar-refractivity contribution in [3.63, 3.8) is 0 Å². The van der Waals surface area contributed by atoms with E-state index in [2.05, 4.69) is 10.3 Å². The van der Waals surface area contributed by atoms with E-state index in [0.717, 1.165) is 5.56 Å². The molecule has 2 N–H and O–H groups in total. The number of hydrogen-bond donors (Lipinski definition) is 2.